The molecule has 3 aromatic heterocycles. The Balaban J connectivity index is 1.53. The number of morpholine rings is 1. The van der Waals surface area contributed by atoms with Crippen molar-refractivity contribution in [2.45, 2.75) is 78.2 Å². The second kappa shape index (κ2) is 11.8. The molecule has 2 aliphatic rings. The number of imidazole rings is 1. The molecule has 0 aromatic carbocycles. The fourth-order valence-electron chi connectivity index (χ4n) is 4.59. The predicted octanol–water partition coefficient (Wildman–Crippen LogP) is 4.50. The number of nitrogens with zero attached hydrogens (tertiary/aromatic N) is 8. The molecular formula is C28H38N8O6. The molecule has 3 aromatic rings. The molecule has 0 bridgehead atoms. The summed E-state index contributed by atoms with van der Waals surface area (Å²) < 4.78 is 24.4. The van der Waals surface area contributed by atoms with Gasteiger partial charge in [0.2, 0.25) is 5.95 Å². The molecule has 2 aliphatic heterocycles. The molecule has 1 unspecified atom stereocenters. The highest BCUT2D eigenvalue weighted by molar-refractivity contribution is 6.08. The summed E-state index contributed by atoms with van der Waals surface area (Å²) in [6.45, 7) is 13.4. The Labute approximate surface area is 244 Å². The number of carbonyl (C=O) groups is 2. The molecular weight excluding hydrogens is 544 g/mol. The van der Waals surface area contributed by atoms with Gasteiger partial charge >= 0.3 is 12.2 Å². The number of anilines is 2. The maximum atomic E-state index is 13.0. The Hall–Kier alpha value is -3.91. The van der Waals surface area contributed by atoms with Crippen LogP contribution in [0.1, 0.15) is 67.0 Å². The van der Waals surface area contributed by atoms with Crippen LogP contribution in [0, 0.1) is 0 Å². The van der Waals surface area contributed by atoms with Crippen molar-refractivity contribution < 1.29 is 28.5 Å². The summed E-state index contributed by atoms with van der Waals surface area (Å²) in [5, 5.41) is 0. The zero-order valence-electron chi connectivity index (χ0n) is 25.0. The predicted molar refractivity (Wildman–Crippen MR) is 153 cm³/mol. The highest BCUT2D eigenvalue weighted by Crippen LogP contribution is 2.31. The topological polar surface area (TPSA) is 147 Å². The lowest BCUT2D eigenvalue weighted by Crippen LogP contribution is -2.44. The van der Waals surface area contributed by atoms with Crippen molar-refractivity contribution >= 4 is 35.1 Å². The van der Waals surface area contributed by atoms with Crippen LogP contribution < -0.4 is 9.80 Å². The molecule has 2 amide bonds. The van der Waals surface area contributed by atoms with Crippen LogP contribution in [0.5, 0.6) is 0 Å². The first-order chi connectivity index (χ1) is 19.9. The van der Waals surface area contributed by atoms with Crippen molar-refractivity contribution in [3.63, 3.8) is 0 Å². The fourth-order valence-corrected chi connectivity index (χ4v) is 4.59. The number of hydrogen-bond donors (Lipinski definition) is 0. The quantitative estimate of drug-likeness (QED) is 0.427. The molecule has 14 nitrogen and oxygen atoms in total. The third-order valence-corrected chi connectivity index (χ3v) is 6.43. The Kier molecular flexibility index (Phi) is 8.28. The number of rotatable bonds is 4. The molecule has 2 fully saturated rings. The summed E-state index contributed by atoms with van der Waals surface area (Å²) in [6, 6.07) is 0. The standard InChI is InChI=1S/C28H38N8O6/c1-27(2,3)41-25(37)36(26(38)42-28(4,5)6)24-29-15-18(16-30-24)21-32-22(34-10-13-39-14-11-34)20-23(33-21)35(17-31-20)19-9-7-8-12-40-19/h15-17,19H,7-14H2,1-6H3. The van der Waals surface area contributed by atoms with Crippen LogP contribution in [0.15, 0.2) is 18.7 Å². The van der Waals surface area contributed by atoms with Crippen LogP contribution in [-0.2, 0) is 18.9 Å². The van der Waals surface area contributed by atoms with Gasteiger partial charge in [-0.3, -0.25) is 4.57 Å². The molecule has 1 atom stereocenters. The number of aromatic nitrogens is 6. The second-order valence-electron chi connectivity index (χ2n) is 12.2. The lowest BCUT2D eigenvalue weighted by atomic mass is 10.2. The van der Waals surface area contributed by atoms with E-state index < -0.39 is 23.4 Å². The number of imide groups is 1. The van der Waals surface area contributed by atoms with Gasteiger partial charge in [-0.05, 0) is 60.8 Å². The Morgan fingerprint density at radius 3 is 2.12 bits per heavy atom. The largest absolute Gasteiger partial charge is 0.443 e. The van der Waals surface area contributed by atoms with Gasteiger partial charge in [0.25, 0.3) is 0 Å². The smallest absolute Gasteiger partial charge is 0.427 e. The Morgan fingerprint density at radius 2 is 1.55 bits per heavy atom. The van der Waals surface area contributed by atoms with Crippen LogP contribution >= 0.6 is 0 Å². The summed E-state index contributed by atoms with van der Waals surface area (Å²) in [5.41, 5.74) is 0.0823. The van der Waals surface area contributed by atoms with Crippen molar-refractivity contribution in [2.75, 3.05) is 42.7 Å². The van der Waals surface area contributed by atoms with Gasteiger partial charge in [0.1, 0.15) is 17.4 Å². The van der Waals surface area contributed by atoms with Gasteiger partial charge in [-0.15, -0.1) is 4.90 Å². The SMILES string of the molecule is CC(C)(C)OC(=O)N(C(=O)OC(C)(C)C)c1ncc(-c2nc(N3CCOCC3)c3ncn(C4CCCCO4)c3n2)cn1. The molecule has 226 valence electrons. The number of carbonyl (C=O) groups excluding carboxylic acids is 2. The maximum Gasteiger partial charge on any atom is 0.427 e. The zero-order valence-corrected chi connectivity index (χ0v) is 25.0. The van der Waals surface area contributed by atoms with Crippen molar-refractivity contribution in [3.8, 4) is 11.4 Å². The van der Waals surface area contributed by atoms with Gasteiger partial charge in [-0.1, -0.05) is 0 Å². The second-order valence-corrected chi connectivity index (χ2v) is 12.2. The van der Waals surface area contributed by atoms with Crippen LogP contribution in [-0.4, -0.2) is 85.8 Å². The average Bonchev–Trinajstić information content (AvgIpc) is 3.36. The first-order valence-electron chi connectivity index (χ1n) is 14.2. The van der Waals surface area contributed by atoms with E-state index >= 15 is 0 Å². The van der Waals surface area contributed by atoms with Gasteiger partial charge in [-0.2, -0.15) is 0 Å². The minimum absolute atomic E-state index is 0.168. The first-order valence-corrected chi connectivity index (χ1v) is 14.2. The van der Waals surface area contributed by atoms with Crippen LogP contribution in [0.25, 0.3) is 22.6 Å². The van der Waals surface area contributed by atoms with Gasteiger partial charge < -0.3 is 23.8 Å². The molecule has 0 aliphatic carbocycles. The minimum Gasteiger partial charge on any atom is -0.443 e. The number of amides is 2. The molecule has 5 rings (SSSR count). The summed E-state index contributed by atoms with van der Waals surface area (Å²) in [6.07, 6.45) is 5.55. The molecule has 14 heteroatoms. The van der Waals surface area contributed by atoms with E-state index in [4.69, 9.17) is 28.9 Å². The summed E-state index contributed by atoms with van der Waals surface area (Å²) in [7, 11) is 0. The Bertz CT molecular complexity index is 1390. The number of fused-ring (bicyclic) bond motifs is 1. The van der Waals surface area contributed by atoms with E-state index in [9.17, 15) is 9.59 Å². The average molecular weight is 583 g/mol. The maximum absolute atomic E-state index is 13.0. The molecule has 2 saturated heterocycles. The summed E-state index contributed by atoms with van der Waals surface area (Å²) in [4.78, 5) is 51.9. The number of hydrogen-bond acceptors (Lipinski definition) is 12. The fraction of sp³-hybridized carbons (Fsp3) is 0.607. The lowest BCUT2D eigenvalue weighted by molar-refractivity contribution is -0.0298. The summed E-state index contributed by atoms with van der Waals surface area (Å²) >= 11 is 0. The highest BCUT2D eigenvalue weighted by atomic mass is 16.6. The van der Waals surface area contributed by atoms with E-state index in [1.54, 1.807) is 47.9 Å². The van der Waals surface area contributed by atoms with Gasteiger partial charge in [0, 0.05) is 32.1 Å². The third-order valence-electron chi connectivity index (χ3n) is 6.43. The first kappa shape index (κ1) is 29.6. The van der Waals surface area contributed by atoms with Crippen molar-refractivity contribution in [1.82, 2.24) is 29.5 Å². The molecule has 0 radical (unpaired) electrons. The van der Waals surface area contributed by atoms with Crippen molar-refractivity contribution in [2.24, 2.45) is 0 Å². The molecule has 0 spiro atoms. The van der Waals surface area contributed by atoms with Crippen molar-refractivity contribution in [3.05, 3.63) is 18.7 Å². The third kappa shape index (κ3) is 6.76. The zero-order chi connectivity index (χ0) is 30.1. The van der Waals surface area contributed by atoms with E-state index in [2.05, 4.69) is 19.9 Å². The molecule has 5 heterocycles. The normalized spacial score (nSPS) is 18.1. The molecule has 0 saturated carbocycles. The van der Waals surface area contributed by atoms with Crippen LogP contribution in [0.4, 0.5) is 21.4 Å². The van der Waals surface area contributed by atoms with E-state index in [-0.39, 0.29) is 12.2 Å². The van der Waals surface area contributed by atoms with E-state index in [1.165, 1.54) is 12.4 Å². The van der Waals surface area contributed by atoms with Gasteiger partial charge in [-0.25, -0.2) is 34.5 Å². The van der Waals surface area contributed by atoms with E-state index in [0.717, 1.165) is 19.3 Å². The lowest BCUT2D eigenvalue weighted by Gasteiger charge is -2.28. The Morgan fingerprint density at radius 1 is 0.905 bits per heavy atom. The monoisotopic (exact) mass is 582 g/mol. The summed E-state index contributed by atoms with van der Waals surface area (Å²) in [5.74, 6) is 0.854. The molecule has 42 heavy (non-hydrogen) atoms. The van der Waals surface area contributed by atoms with Crippen LogP contribution in [0.3, 0.4) is 0 Å². The highest BCUT2D eigenvalue weighted by Gasteiger charge is 2.35. The van der Waals surface area contributed by atoms with Crippen molar-refractivity contribution in [1.29, 1.82) is 0 Å². The number of ether oxygens (including phenoxy) is 4. The van der Waals surface area contributed by atoms with E-state index in [0.29, 0.717) is 66.2 Å². The van der Waals surface area contributed by atoms with E-state index in [1.807, 2.05) is 4.57 Å². The minimum atomic E-state index is -0.951. The van der Waals surface area contributed by atoms with Gasteiger partial charge in [0.05, 0.1) is 25.1 Å². The molecule has 0 N–H and O–H groups in total. The van der Waals surface area contributed by atoms with Crippen LogP contribution in [0.2, 0.25) is 0 Å². The van der Waals surface area contributed by atoms with Gasteiger partial charge in [0.15, 0.2) is 22.8 Å².